The molecule has 0 saturated heterocycles. The average molecular weight is 277 g/mol. The van der Waals surface area contributed by atoms with Crippen LogP contribution < -0.4 is 11.1 Å². The van der Waals surface area contributed by atoms with Gasteiger partial charge in [0.1, 0.15) is 5.69 Å². The van der Waals surface area contributed by atoms with Crippen LogP contribution in [-0.2, 0) is 4.79 Å². The molecule has 0 spiro atoms. The van der Waals surface area contributed by atoms with E-state index in [-0.39, 0.29) is 29.2 Å². The first-order valence-electron chi connectivity index (χ1n) is 6.79. The first-order chi connectivity index (χ1) is 9.47. The van der Waals surface area contributed by atoms with Crippen LogP contribution in [0, 0.1) is 23.0 Å². The average Bonchev–Trinajstić information content (AvgIpc) is 2.40. The summed E-state index contributed by atoms with van der Waals surface area (Å²) in [6.45, 7) is 1.78. The van der Waals surface area contributed by atoms with Gasteiger partial charge in [0.25, 0.3) is 5.69 Å². The fourth-order valence-corrected chi connectivity index (χ4v) is 2.60. The Balaban J connectivity index is 2.13. The highest BCUT2D eigenvalue weighted by Crippen LogP contribution is 2.28. The van der Waals surface area contributed by atoms with Gasteiger partial charge < -0.3 is 11.1 Å². The summed E-state index contributed by atoms with van der Waals surface area (Å²) in [6, 6.07) is 4.83. The summed E-state index contributed by atoms with van der Waals surface area (Å²) in [5.41, 5.74) is 6.84. The van der Waals surface area contributed by atoms with Crippen LogP contribution in [0.1, 0.15) is 31.2 Å². The number of anilines is 1. The summed E-state index contributed by atoms with van der Waals surface area (Å²) >= 11 is 0. The zero-order chi connectivity index (χ0) is 14.7. The maximum Gasteiger partial charge on any atom is 0.293 e. The van der Waals surface area contributed by atoms with Gasteiger partial charge in [0.15, 0.2) is 0 Å². The number of amides is 1. The lowest BCUT2D eigenvalue weighted by atomic mass is 9.85. The number of rotatable bonds is 3. The number of carbonyl (C=O) groups excluding carboxylic acids is 1. The monoisotopic (exact) mass is 277 g/mol. The van der Waals surface area contributed by atoms with Crippen LogP contribution in [0.4, 0.5) is 11.4 Å². The third kappa shape index (κ3) is 3.33. The molecule has 2 unspecified atom stereocenters. The molecule has 0 aromatic heterocycles. The molecule has 1 aromatic rings. The van der Waals surface area contributed by atoms with Crippen molar-refractivity contribution >= 4 is 17.3 Å². The predicted octanol–water partition coefficient (Wildman–Crippen LogP) is 2.36. The Hall–Kier alpha value is -1.95. The van der Waals surface area contributed by atoms with E-state index in [2.05, 4.69) is 5.32 Å². The second-order valence-electron chi connectivity index (χ2n) is 5.39. The fraction of sp³-hybridized carbons (Fsp3) is 0.500. The number of nitrogens with one attached hydrogen (secondary N) is 1. The molecule has 1 fully saturated rings. The van der Waals surface area contributed by atoms with Crippen molar-refractivity contribution in [3.63, 3.8) is 0 Å². The second-order valence-corrected chi connectivity index (χ2v) is 5.39. The summed E-state index contributed by atoms with van der Waals surface area (Å²) in [6.07, 6.45) is 3.30. The molecule has 0 radical (unpaired) electrons. The number of hydrogen-bond acceptors (Lipinski definition) is 4. The zero-order valence-corrected chi connectivity index (χ0v) is 11.5. The smallest absolute Gasteiger partial charge is 0.293 e. The van der Waals surface area contributed by atoms with Gasteiger partial charge in [-0.2, -0.15) is 0 Å². The van der Waals surface area contributed by atoms with Crippen molar-refractivity contribution in [1.82, 2.24) is 0 Å². The fourth-order valence-electron chi connectivity index (χ4n) is 2.60. The van der Waals surface area contributed by atoms with Crippen molar-refractivity contribution in [3.05, 3.63) is 33.9 Å². The summed E-state index contributed by atoms with van der Waals surface area (Å²) in [5.74, 6) is -0.327. The number of benzene rings is 1. The van der Waals surface area contributed by atoms with Gasteiger partial charge in [-0.15, -0.1) is 0 Å². The summed E-state index contributed by atoms with van der Waals surface area (Å²) in [5, 5.41) is 13.7. The maximum absolute atomic E-state index is 12.2. The number of nitrogens with two attached hydrogens (primary N) is 1. The van der Waals surface area contributed by atoms with Gasteiger partial charge in [-0.3, -0.25) is 14.9 Å². The van der Waals surface area contributed by atoms with Crippen molar-refractivity contribution in [3.8, 4) is 0 Å². The van der Waals surface area contributed by atoms with Crippen LogP contribution in [0.3, 0.4) is 0 Å². The third-order valence-electron chi connectivity index (χ3n) is 3.69. The molecule has 20 heavy (non-hydrogen) atoms. The quantitative estimate of drug-likeness (QED) is 0.654. The number of nitro benzene ring substituents is 1. The molecule has 6 nitrogen and oxygen atoms in total. The van der Waals surface area contributed by atoms with Gasteiger partial charge in [-0.25, -0.2) is 0 Å². The first kappa shape index (κ1) is 14.5. The van der Waals surface area contributed by atoms with E-state index in [9.17, 15) is 14.9 Å². The Kier molecular flexibility index (Phi) is 4.34. The summed E-state index contributed by atoms with van der Waals surface area (Å²) < 4.78 is 0. The van der Waals surface area contributed by atoms with Gasteiger partial charge in [0.05, 0.1) is 4.92 Å². The van der Waals surface area contributed by atoms with Gasteiger partial charge in [0, 0.05) is 18.0 Å². The Bertz CT molecular complexity index is 530. The van der Waals surface area contributed by atoms with Gasteiger partial charge in [-0.1, -0.05) is 12.5 Å². The van der Waals surface area contributed by atoms with E-state index in [1.807, 2.05) is 0 Å². The van der Waals surface area contributed by atoms with Crippen LogP contribution in [-0.4, -0.2) is 16.9 Å². The van der Waals surface area contributed by atoms with Crippen LogP contribution in [0.5, 0.6) is 0 Å². The molecule has 3 N–H and O–H groups in total. The number of carbonyl (C=O) groups is 1. The Morgan fingerprint density at radius 2 is 2.20 bits per heavy atom. The third-order valence-corrected chi connectivity index (χ3v) is 3.69. The van der Waals surface area contributed by atoms with Crippen LogP contribution in [0.25, 0.3) is 0 Å². The Labute approximate surface area is 117 Å². The van der Waals surface area contributed by atoms with Crippen molar-refractivity contribution in [2.45, 2.75) is 38.6 Å². The Morgan fingerprint density at radius 3 is 2.85 bits per heavy atom. The topological polar surface area (TPSA) is 98.3 Å². The minimum atomic E-state index is -0.477. The molecule has 2 rings (SSSR count). The lowest BCUT2D eigenvalue weighted by molar-refractivity contribution is -0.384. The van der Waals surface area contributed by atoms with E-state index >= 15 is 0 Å². The Morgan fingerprint density at radius 1 is 1.45 bits per heavy atom. The highest BCUT2D eigenvalue weighted by molar-refractivity contribution is 5.94. The molecule has 0 aliphatic heterocycles. The molecule has 1 aromatic carbocycles. The minimum Gasteiger partial charge on any atom is -0.328 e. The molecule has 2 atom stereocenters. The standard InChI is InChI=1S/C14H19N3O3/c1-9-5-6-12(13(7-9)17(19)20)16-14(18)10-3-2-4-11(15)8-10/h5-7,10-11H,2-4,8,15H2,1H3,(H,16,18). The normalized spacial score (nSPS) is 22.3. The zero-order valence-electron chi connectivity index (χ0n) is 11.5. The van der Waals surface area contributed by atoms with Crippen molar-refractivity contribution in [2.24, 2.45) is 11.7 Å². The number of aryl methyl sites for hydroxylation is 1. The van der Waals surface area contributed by atoms with Crippen LogP contribution in [0.2, 0.25) is 0 Å². The highest BCUT2D eigenvalue weighted by Gasteiger charge is 2.26. The number of hydrogen-bond donors (Lipinski definition) is 2. The first-order valence-corrected chi connectivity index (χ1v) is 6.79. The van der Waals surface area contributed by atoms with E-state index < -0.39 is 4.92 Å². The molecule has 108 valence electrons. The SMILES string of the molecule is Cc1ccc(NC(=O)C2CCCC(N)C2)c([N+](=O)[O-])c1. The number of nitro groups is 1. The minimum absolute atomic E-state index is 0.0486. The summed E-state index contributed by atoms with van der Waals surface area (Å²) in [7, 11) is 0. The van der Waals surface area contributed by atoms with Gasteiger partial charge >= 0.3 is 0 Å². The second kappa shape index (κ2) is 6.00. The maximum atomic E-state index is 12.2. The molecule has 0 heterocycles. The van der Waals surface area contributed by atoms with E-state index in [0.717, 1.165) is 24.8 Å². The lowest BCUT2D eigenvalue weighted by Gasteiger charge is -2.25. The van der Waals surface area contributed by atoms with Crippen molar-refractivity contribution < 1.29 is 9.72 Å². The predicted molar refractivity (Wildman–Crippen MR) is 76.4 cm³/mol. The lowest BCUT2D eigenvalue weighted by Crippen LogP contribution is -2.34. The van der Waals surface area contributed by atoms with Gasteiger partial charge in [0.2, 0.25) is 5.91 Å². The van der Waals surface area contributed by atoms with Gasteiger partial charge in [-0.05, 0) is 37.8 Å². The van der Waals surface area contributed by atoms with E-state index in [1.54, 1.807) is 19.1 Å². The van der Waals surface area contributed by atoms with Crippen molar-refractivity contribution in [1.29, 1.82) is 0 Å². The van der Waals surface area contributed by atoms with Crippen LogP contribution in [0.15, 0.2) is 18.2 Å². The van der Waals surface area contributed by atoms with Crippen molar-refractivity contribution in [2.75, 3.05) is 5.32 Å². The summed E-state index contributed by atoms with van der Waals surface area (Å²) in [4.78, 5) is 22.7. The van der Waals surface area contributed by atoms with E-state index in [0.29, 0.717) is 6.42 Å². The van der Waals surface area contributed by atoms with E-state index in [1.165, 1.54) is 6.07 Å². The largest absolute Gasteiger partial charge is 0.328 e. The molecular weight excluding hydrogens is 258 g/mol. The molecule has 1 aliphatic rings. The molecule has 1 aliphatic carbocycles. The van der Waals surface area contributed by atoms with E-state index in [4.69, 9.17) is 5.73 Å². The molecule has 1 saturated carbocycles. The number of nitrogens with zero attached hydrogens (tertiary/aromatic N) is 1. The molecular formula is C14H19N3O3. The van der Waals surface area contributed by atoms with Crippen LogP contribution >= 0.6 is 0 Å². The molecule has 1 amide bonds. The molecule has 0 bridgehead atoms. The molecule has 6 heteroatoms. The highest BCUT2D eigenvalue weighted by atomic mass is 16.6.